The first-order valence-electron chi connectivity index (χ1n) is 6.86. The van der Waals surface area contributed by atoms with Crippen LogP contribution >= 0.6 is 0 Å². The van der Waals surface area contributed by atoms with Gasteiger partial charge in [0.25, 0.3) is 0 Å². The van der Waals surface area contributed by atoms with E-state index in [9.17, 15) is 8.42 Å². The fraction of sp³-hybridized carbons (Fsp3) is 0.538. The second-order valence-electron chi connectivity index (χ2n) is 5.65. The third kappa shape index (κ3) is 2.89. The molecule has 1 saturated heterocycles. The van der Waals surface area contributed by atoms with E-state index in [1.165, 1.54) is 25.0 Å². The minimum Gasteiger partial charge on any atom is -0.397 e. The van der Waals surface area contributed by atoms with Gasteiger partial charge in [-0.05, 0) is 37.5 Å². The number of rotatable bonds is 4. The largest absolute Gasteiger partial charge is 0.397 e. The molecule has 1 atom stereocenters. The molecule has 1 aliphatic heterocycles. The summed E-state index contributed by atoms with van der Waals surface area (Å²) in [5.74, 6) is 0. The summed E-state index contributed by atoms with van der Waals surface area (Å²) in [7, 11) is -3.70. The Bertz CT molecular complexity index is 613. The normalized spacial score (nSPS) is 23.9. The summed E-state index contributed by atoms with van der Waals surface area (Å²) in [6.45, 7) is 2.15. The van der Waals surface area contributed by atoms with E-state index in [0.29, 0.717) is 11.7 Å². The molecule has 1 aromatic carbocycles. The number of likely N-dealkylation sites (tertiary alicyclic amines) is 1. The third-order valence-electron chi connectivity index (χ3n) is 3.99. The monoisotopic (exact) mass is 296 g/mol. The van der Waals surface area contributed by atoms with Crippen molar-refractivity contribution in [1.29, 1.82) is 0 Å². The first-order valence-corrected chi connectivity index (χ1v) is 8.41. The summed E-state index contributed by atoms with van der Waals surface area (Å²) in [6, 6.07) is 5.74. The summed E-state index contributed by atoms with van der Waals surface area (Å²) in [5.41, 5.74) is 7.10. The van der Waals surface area contributed by atoms with Crippen LogP contribution in [-0.4, -0.2) is 38.5 Å². The first-order chi connectivity index (χ1) is 9.43. The van der Waals surface area contributed by atoms with Gasteiger partial charge in [-0.1, -0.05) is 0 Å². The fourth-order valence-corrected chi connectivity index (χ4v) is 3.29. The number of benzene rings is 1. The molecule has 0 radical (unpaired) electrons. The zero-order valence-electron chi connectivity index (χ0n) is 11.2. The molecule has 0 bridgehead atoms. The Labute approximate surface area is 119 Å². The fourth-order valence-electron chi connectivity index (χ4n) is 2.75. The lowest BCUT2D eigenvalue weighted by molar-refractivity contribution is 0.326. The number of nitrogens with one attached hydrogen (secondary N) is 1. The number of anilines is 2. The van der Waals surface area contributed by atoms with Crippen molar-refractivity contribution in [2.24, 2.45) is 5.14 Å². The molecule has 0 aromatic heterocycles. The molecule has 2 fully saturated rings. The number of nitrogens with zero attached hydrogens (tertiary/aromatic N) is 1. The Hall–Kier alpha value is -1.31. The van der Waals surface area contributed by atoms with Gasteiger partial charge in [0, 0.05) is 25.2 Å². The molecule has 1 heterocycles. The molecule has 0 amide bonds. The Kier molecular flexibility index (Phi) is 3.35. The number of sulfonamides is 1. The standard InChI is InChI=1S/C13H20N4O2S/c14-12-7-11(20(15,18)19)3-4-13(12)16-9-5-6-17(8-9)10-1-2-10/h3-4,7,9-10,16H,1-2,5-6,8,14H2,(H2,15,18,19). The van der Waals surface area contributed by atoms with E-state index in [0.717, 1.165) is 31.2 Å². The van der Waals surface area contributed by atoms with E-state index in [2.05, 4.69) is 10.2 Å². The average Bonchev–Trinajstić information content (AvgIpc) is 3.11. The first kappa shape index (κ1) is 13.7. The van der Waals surface area contributed by atoms with Gasteiger partial charge in [-0.15, -0.1) is 0 Å². The molecule has 5 N–H and O–H groups in total. The highest BCUT2D eigenvalue weighted by Crippen LogP contribution is 2.31. The van der Waals surface area contributed by atoms with Crippen molar-refractivity contribution in [2.45, 2.75) is 36.2 Å². The van der Waals surface area contributed by atoms with Crippen molar-refractivity contribution in [3.63, 3.8) is 0 Å². The van der Waals surface area contributed by atoms with E-state index in [4.69, 9.17) is 10.9 Å². The van der Waals surface area contributed by atoms with Crippen LogP contribution in [0.3, 0.4) is 0 Å². The second-order valence-corrected chi connectivity index (χ2v) is 7.21. The second kappa shape index (κ2) is 4.91. The molecule has 0 spiro atoms. The lowest BCUT2D eigenvalue weighted by atomic mass is 10.2. The van der Waals surface area contributed by atoms with E-state index in [1.54, 1.807) is 6.07 Å². The molecule has 110 valence electrons. The molecule has 2 aliphatic rings. The lowest BCUT2D eigenvalue weighted by Crippen LogP contribution is -2.28. The topological polar surface area (TPSA) is 101 Å². The van der Waals surface area contributed by atoms with Gasteiger partial charge in [-0.25, -0.2) is 13.6 Å². The summed E-state index contributed by atoms with van der Waals surface area (Å²) in [4.78, 5) is 2.55. The number of hydrogen-bond donors (Lipinski definition) is 3. The van der Waals surface area contributed by atoms with Gasteiger partial charge in [-0.3, -0.25) is 4.90 Å². The smallest absolute Gasteiger partial charge is 0.238 e. The molecule has 1 saturated carbocycles. The van der Waals surface area contributed by atoms with Crippen molar-refractivity contribution < 1.29 is 8.42 Å². The van der Waals surface area contributed by atoms with Gasteiger partial charge >= 0.3 is 0 Å². The minimum atomic E-state index is -3.70. The maximum atomic E-state index is 11.3. The average molecular weight is 296 g/mol. The molecule has 7 heteroatoms. The van der Waals surface area contributed by atoms with Gasteiger partial charge < -0.3 is 11.1 Å². The van der Waals surface area contributed by atoms with Crippen molar-refractivity contribution in [2.75, 3.05) is 24.1 Å². The molecule has 3 rings (SSSR count). The van der Waals surface area contributed by atoms with Crippen LogP contribution in [0.4, 0.5) is 11.4 Å². The van der Waals surface area contributed by atoms with Gasteiger partial charge in [-0.2, -0.15) is 0 Å². The number of nitrogen functional groups attached to an aromatic ring is 1. The van der Waals surface area contributed by atoms with Crippen LogP contribution in [0.1, 0.15) is 19.3 Å². The zero-order chi connectivity index (χ0) is 14.3. The van der Waals surface area contributed by atoms with E-state index < -0.39 is 10.0 Å². The van der Waals surface area contributed by atoms with E-state index in [1.807, 2.05) is 0 Å². The summed E-state index contributed by atoms with van der Waals surface area (Å²) in [6.07, 6.45) is 3.72. The Morgan fingerprint density at radius 2 is 2.00 bits per heavy atom. The quantitative estimate of drug-likeness (QED) is 0.705. The predicted octanol–water partition coefficient (Wildman–Crippen LogP) is 0.565. The number of primary sulfonamides is 1. The molecular weight excluding hydrogens is 276 g/mol. The highest BCUT2D eigenvalue weighted by atomic mass is 32.2. The van der Waals surface area contributed by atoms with E-state index in [-0.39, 0.29) is 4.90 Å². The van der Waals surface area contributed by atoms with Gasteiger partial charge in [0.1, 0.15) is 0 Å². The molecule has 1 aromatic rings. The molecule has 1 aliphatic carbocycles. The maximum Gasteiger partial charge on any atom is 0.238 e. The van der Waals surface area contributed by atoms with Gasteiger partial charge in [0.15, 0.2) is 0 Å². The summed E-state index contributed by atoms with van der Waals surface area (Å²) < 4.78 is 22.5. The van der Waals surface area contributed by atoms with Crippen molar-refractivity contribution >= 4 is 21.4 Å². The van der Waals surface area contributed by atoms with Gasteiger partial charge in [0.05, 0.1) is 16.3 Å². The third-order valence-corrected chi connectivity index (χ3v) is 4.91. The van der Waals surface area contributed by atoms with Crippen LogP contribution in [-0.2, 0) is 10.0 Å². The Balaban J connectivity index is 1.68. The highest BCUT2D eigenvalue weighted by molar-refractivity contribution is 7.89. The minimum absolute atomic E-state index is 0.0478. The van der Waals surface area contributed by atoms with Crippen molar-refractivity contribution in [3.8, 4) is 0 Å². The van der Waals surface area contributed by atoms with E-state index >= 15 is 0 Å². The number of nitrogens with two attached hydrogens (primary N) is 2. The molecule has 1 unspecified atom stereocenters. The summed E-state index contributed by atoms with van der Waals surface area (Å²) >= 11 is 0. The highest BCUT2D eigenvalue weighted by Gasteiger charge is 2.34. The SMILES string of the molecule is Nc1cc(S(N)(=O)=O)ccc1NC1CCN(C2CC2)C1. The zero-order valence-corrected chi connectivity index (χ0v) is 12.1. The van der Waals surface area contributed by atoms with Crippen LogP contribution in [0.5, 0.6) is 0 Å². The molecule has 20 heavy (non-hydrogen) atoms. The Morgan fingerprint density at radius 3 is 2.60 bits per heavy atom. The van der Waals surface area contributed by atoms with Crippen LogP contribution in [0, 0.1) is 0 Å². The predicted molar refractivity (Wildman–Crippen MR) is 78.9 cm³/mol. The van der Waals surface area contributed by atoms with Crippen LogP contribution in [0.2, 0.25) is 0 Å². The maximum absolute atomic E-state index is 11.3. The van der Waals surface area contributed by atoms with Crippen LogP contribution in [0.25, 0.3) is 0 Å². The number of hydrogen-bond acceptors (Lipinski definition) is 5. The van der Waals surface area contributed by atoms with Crippen molar-refractivity contribution in [1.82, 2.24) is 4.90 Å². The van der Waals surface area contributed by atoms with Crippen LogP contribution < -0.4 is 16.2 Å². The van der Waals surface area contributed by atoms with Crippen LogP contribution in [0.15, 0.2) is 23.1 Å². The lowest BCUT2D eigenvalue weighted by Gasteiger charge is -2.18. The van der Waals surface area contributed by atoms with Gasteiger partial charge in [0.2, 0.25) is 10.0 Å². The molecule has 6 nitrogen and oxygen atoms in total. The van der Waals surface area contributed by atoms with Crippen molar-refractivity contribution in [3.05, 3.63) is 18.2 Å². The summed E-state index contributed by atoms with van der Waals surface area (Å²) in [5, 5.41) is 8.49. The Morgan fingerprint density at radius 1 is 1.25 bits per heavy atom. The molecular formula is C13H20N4O2S.